The van der Waals surface area contributed by atoms with Crippen LogP contribution in [-0.2, 0) is 0 Å². The summed E-state index contributed by atoms with van der Waals surface area (Å²) >= 11 is 5.81. The fraction of sp³-hybridized carbons (Fsp3) is 0.583. The zero-order valence-electron chi connectivity index (χ0n) is 9.66. The summed E-state index contributed by atoms with van der Waals surface area (Å²) in [5.74, 6) is 0.583. The number of aromatic nitrogens is 1. The van der Waals surface area contributed by atoms with Crippen LogP contribution in [0.15, 0.2) is 12.3 Å². The summed E-state index contributed by atoms with van der Waals surface area (Å²) in [6.07, 6.45) is 3.86. The number of halogens is 1. The van der Waals surface area contributed by atoms with Crippen molar-refractivity contribution in [3.63, 3.8) is 0 Å². The van der Waals surface area contributed by atoms with Gasteiger partial charge in [-0.2, -0.15) is 0 Å². The van der Waals surface area contributed by atoms with Crippen molar-refractivity contribution >= 4 is 17.5 Å². The quantitative estimate of drug-likeness (QED) is 0.848. The third-order valence-corrected chi connectivity index (χ3v) is 3.43. The maximum Gasteiger partial charge on any atom is 0.270 e. The molecule has 0 bridgehead atoms. The molecule has 1 atom stereocenters. The van der Waals surface area contributed by atoms with E-state index >= 15 is 0 Å². The maximum absolute atomic E-state index is 12.2. The molecule has 0 unspecified atom stereocenters. The van der Waals surface area contributed by atoms with Crippen LogP contribution in [0.1, 0.15) is 37.2 Å². The maximum atomic E-state index is 12.2. The Morgan fingerprint density at radius 1 is 1.62 bits per heavy atom. The molecule has 1 saturated heterocycles. The molecule has 16 heavy (non-hydrogen) atoms. The number of amides is 1. The van der Waals surface area contributed by atoms with Gasteiger partial charge in [0.25, 0.3) is 5.91 Å². The number of likely N-dealkylation sites (tertiary alicyclic amines) is 1. The molecule has 2 rings (SSSR count). The number of H-pyrrole nitrogens is 1. The summed E-state index contributed by atoms with van der Waals surface area (Å²) in [4.78, 5) is 17.1. The van der Waals surface area contributed by atoms with Gasteiger partial charge >= 0.3 is 0 Å². The van der Waals surface area contributed by atoms with E-state index in [1.807, 2.05) is 4.90 Å². The summed E-state index contributed by atoms with van der Waals surface area (Å²) in [7, 11) is 0. The average molecular weight is 241 g/mol. The van der Waals surface area contributed by atoms with Crippen LogP contribution in [0, 0.1) is 5.92 Å². The highest BCUT2D eigenvalue weighted by Gasteiger charge is 2.31. The zero-order chi connectivity index (χ0) is 11.7. The lowest BCUT2D eigenvalue weighted by atomic mass is 10.0. The van der Waals surface area contributed by atoms with E-state index in [0.717, 1.165) is 19.4 Å². The van der Waals surface area contributed by atoms with Gasteiger partial charge in [0.1, 0.15) is 5.69 Å². The molecule has 1 N–H and O–H groups in total. The molecule has 1 aliphatic rings. The van der Waals surface area contributed by atoms with Crippen LogP contribution < -0.4 is 0 Å². The van der Waals surface area contributed by atoms with Gasteiger partial charge in [-0.3, -0.25) is 4.79 Å². The van der Waals surface area contributed by atoms with Crippen molar-refractivity contribution in [3.8, 4) is 0 Å². The summed E-state index contributed by atoms with van der Waals surface area (Å²) < 4.78 is 0. The highest BCUT2D eigenvalue weighted by Crippen LogP contribution is 2.25. The highest BCUT2D eigenvalue weighted by molar-refractivity contribution is 6.30. The van der Waals surface area contributed by atoms with Crippen LogP contribution in [0.4, 0.5) is 0 Å². The van der Waals surface area contributed by atoms with Gasteiger partial charge in [-0.05, 0) is 24.8 Å². The molecule has 0 aromatic carbocycles. The van der Waals surface area contributed by atoms with E-state index in [1.165, 1.54) is 0 Å². The lowest BCUT2D eigenvalue weighted by Crippen LogP contribution is -2.38. The first-order valence-corrected chi connectivity index (χ1v) is 6.12. The Morgan fingerprint density at radius 2 is 2.38 bits per heavy atom. The first kappa shape index (κ1) is 11.5. The van der Waals surface area contributed by atoms with Crippen molar-refractivity contribution in [2.75, 3.05) is 6.54 Å². The van der Waals surface area contributed by atoms with Crippen LogP contribution in [-0.4, -0.2) is 28.4 Å². The Bertz CT molecular complexity index is 386. The molecule has 0 saturated carbocycles. The van der Waals surface area contributed by atoms with Gasteiger partial charge in [0.2, 0.25) is 0 Å². The molecule has 0 aliphatic carbocycles. The summed E-state index contributed by atoms with van der Waals surface area (Å²) in [5, 5.41) is 0.587. The molecule has 3 nitrogen and oxygen atoms in total. The zero-order valence-corrected chi connectivity index (χ0v) is 10.4. The van der Waals surface area contributed by atoms with E-state index in [0.29, 0.717) is 22.7 Å². The standard InChI is InChI=1S/C12H17ClN2O/c1-8(2)11-4-3-5-15(11)12(16)10-6-9(13)7-14-10/h6-8,11,14H,3-5H2,1-2H3/t11-/m0/s1. The van der Waals surface area contributed by atoms with Gasteiger partial charge in [-0.25, -0.2) is 0 Å². The van der Waals surface area contributed by atoms with Crippen LogP contribution >= 0.6 is 11.6 Å². The van der Waals surface area contributed by atoms with Gasteiger partial charge in [0, 0.05) is 18.8 Å². The molecular formula is C12H17ClN2O. The second-order valence-corrected chi connectivity index (χ2v) is 5.12. The number of hydrogen-bond donors (Lipinski definition) is 1. The smallest absolute Gasteiger partial charge is 0.270 e. The number of hydrogen-bond acceptors (Lipinski definition) is 1. The molecule has 0 radical (unpaired) electrons. The van der Waals surface area contributed by atoms with Crippen LogP contribution in [0.2, 0.25) is 5.02 Å². The Morgan fingerprint density at radius 3 is 2.94 bits per heavy atom. The van der Waals surface area contributed by atoms with Gasteiger partial charge < -0.3 is 9.88 Å². The second-order valence-electron chi connectivity index (χ2n) is 4.68. The van der Waals surface area contributed by atoms with Gasteiger partial charge in [0.15, 0.2) is 0 Å². The molecule has 4 heteroatoms. The van der Waals surface area contributed by atoms with E-state index in [-0.39, 0.29) is 5.91 Å². The molecule has 2 heterocycles. The van der Waals surface area contributed by atoms with Gasteiger partial charge in [0.05, 0.1) is 5.02 Å². The Kier molecular flexibility index (Phi) is 3.24. The predicted octanol–water partition coefficient (Wildman–Crippen LogP) is 2.93. The van der Waals surface area contributed by atoms with Crippen LogP contribution in [0.5, 0.6) is 0 Å². The van der Waals surface area contributed by atoms with Crippen LogP contribution in [0.25, 0.3) is 0 Å². The van der Waals surface area contributed by atoms with Crippen LogP contribution in [0.3, 0.4) is 0 Å². The topological polar surface area (TPSA) is 36.1 Å². The first-order valence-electron chi connectivity index (χ1n) is 5.74. The summed E-state index contributed by atoms with van der Waals surface area (Å²) in [6.45, 7) is 5.19. The first-order chi connectivity index (χ1) is 7.59. The van der Waals surface area contributed by atoms with E-state index in [1.54, 1.807) is 12.3 Å². The lowest BCUT2D eigenvalue weighted by molar-refractivity contribution is 0.0696. The number of rotatable bonds is 2. The number of carbonyl (C=O) groups is 1. The van der Waals surface area contributed by atoms with Crippen molar-refractivity contribution in [2.45, 2.75) is 32.7 Å². The molecule has 1 aromatic heterocycles. The number of aromatic amines is 1. The van der Waals surface area contributed by atoms with E-state index in [4.69, 9.17) is 11.6 Å². The predicted molar refractivity (Wildman–Crippen MR) is 64.7 cm³/mol. The van der Waals surface area contributed by atoms with Crippen molar-refractivity contribution in [1.82, 2.24) is 9.88 Å². The molecule has 1 amide bonds. The van der Waals surface area contributed by atoms with Gasteiger partial charge in [-0.1, -0.05) is 25.4 Å². The molecule has 1 fully saturated rings. The molecule has 1 aliphatic heterocycles. The molecule has 88 valence electrons. The summed E-state index contributed by atoms with van der Waals surface area (Å²) in [6, 6.07) is 2.06. The SMILES string of the molecule is CC(C)[C@@H]1CCCN1C(=O)c1cc(Cl)c[nH]1. The third kappa shape index (κ3) is 2.09. The fourth-order valence-electron chi connectivity index (χ4n) is 2.38. The monoisotopic (exact) mass is 240 g/mol. The average Bonchev–Trinajstić information content (AvgIpc) is 2.84. The molecule has 0 spiro atoms. The summed E-state index contributed by atoms with van der Waals surface area (Å²) in [5.41, 5.74) is 0.595. The second kappa shape index (κ2) is 4.50. The minimum atomic E-state index is 0.0723. The van der Waals surface area contributed by atoms with E-state index in [9.17, 15) is 4.79 Å². The third-order valence-electron chi connectivity index (χ3n) is 3.21. The number of nitrogens with zero attached hydrogens (tertiary/aromatic N) is 1. The lowest BCUT2D eigenvalue weighted by Gasteiger charge is -2.27. The Hall–Kier alpha value is -0.960. The number of carbonyl (C=O) groups excluding carboxylic acids is 1. The van der Waals surface area contributed by atoms with Gasteiger partial charge in [-0.15, -0.1) is 0 Å². The van der Waals surface area contributed by atoms with Crippen molar-refractivity contribution < 1.29 is 4.79 Å². The fourth-order valence-corrected chi connectivity index (χ4v) is 2.55. The molecular weight excluding hydrogens is 224 g/mol. The Labute approximate surface area is 101 Å². The van der Waals surface area contributed by atoms with Crippen molar-refractivity contribution in [1.29, 1.82) is 0 Å². The minimum Gasteiger partial charge on any atom is -0.356 e. The minimum absolute atomic E-state index is 0.0723. The van der Waals surface area contributed by atoms with E-state index < -0.39 is 0 Å². The highest BCUT2D eigenvalue weighted by atomic mass is 35.5. The van der Waals surface area contributed by atoms with Crippen molar-refractivity contribution in [2.24, 2.45) is 5.92 Å². The largest absolute Gasteiger partial charge is 0.356 e. The van der Waals surface area contributed by atoms with E-state index in [2.05, 4.69) is 18.8 Å². The number of nitrogens with one attached hydrogen (secondary N) is 1. The normalized spacial score (nSPS) is 20.8. The molecule has 1 aromatic rings. The Balaban J connectivity index is 2.15. The van der Waals surface area contributed by atoms with Crippen molar-refractivity contribution in [3.05, 3.63) is 23.0 Å².